The lowest BCUT2D eigenvalue weighted by atomic mass is 10.1. The Balaban J connectivity index is 2.01. The molecule has 1 N–H and O–H groups in total. The van der Waals surface area contributed by atoms with Crippen LogP contribution in [0, 0.1) is 11.3 Å². The molecule has 0 saturated carbocycles. The van der Waals surface area contributed by atoms with E-state index >= 15 is 0 Å². The summed E-state index contributed by atoms with van der Waals surface area (Å²) in [6, 6.07) is 15.5. The molecule has 0 saturated heterocycles. The van der Waals surface area contributed by atoms with E-state index in [0.717, 1.165) is 22.3 Å². The third-order valence-electron chi connectivity index (χ3n) is 2.85. The van der Waals surface area contributed by atoms with Gasteiger partial charge in [-0.2, -0.15) is 5.26 Å². The number of nitriles is 1. The number of hydrogen-bond acceptors (Lipinski definition) is 3. The lowest BCUT2D eigenvalue weighted by Gasteiger charge is -2.10. The summed E-state index contributed by atoms with van der Waals surface area (Å²) in [6.07, 6.45) is 0. The molecule has 0 aliphatic heterocycles. The first-order valence-electron chi connectivity index (χ1n) is 6.28. The first kappa shape index (κ1) is 14.6. The highest BCUT2D eigenvalue weighted by Gasteiger charge is 2.03. The van der Waals surface area contributed by atoms with E-state index in [4.69, 9.17) is 10.00 Å². The molecule has 0 aromatic heterocycles. The van der Waals surface area contributed by atoms with Crippen LogP contribution >= 0.6 is 15.9 Å². The molecule has 20 heavy (non-hydrogen) atoms. The van der Waals surface area contributed by atoms with Crippen molar-refractivity contribution in [2.45, 2.75) is 13.2 Å². The molecule has 0 bridgehead atoms. The van der Waals surface area contributed by atoms with Crippen LogP contribution in [0.25, 0.3) is 0 Å². The fraction of sp³-hybridized carbons (Fsp3) is 0.188. The number of halogens is 1. The van der Waals surface area contributed by atoms with Crippen molar-refractivity contribution in [2.24, 2.45) is 0 Å². The second-order valence-electron chi connectivity index (χ2n) is 4.39. The van der Waals surface area contributed by atoms with Crippen molar-refractivity contribution in [1.29, 1.82) is 5.26 Å². The van der Waals surface area contributed by atoms with Crippen molar-refractivity contribution < 1.29 is 4.74 Å². The van der Waals surface area contributed by atoms with E-state index in [1.807, 2.05) is 37.4 Å². The molecule has 0 amide bonds. The van der Waals surface area contributed by atoms with Crippen molar-refractivity contribution in [2.75, 3.05) is 7.05 Å². The van der Waals surface area contributed by atoms with Gasteiger partial charge in [0.1, 0.15) is 12.4 Å². The highest BCUT2D eigenvalue weighted by molar-refractivity contribution is 9.10. The second-order valence-corrected chi connectivity index (χ2v) is 5.25. The van der Waals surface area contributed by atoms with Crippen molar-refractivity contribution in [3.63, 3.8) is 0 Å². The van der Waals surface area contributed by atoms with E-state index in [2.05, 4.69) is 27.3 Å². The summed E-state index contributed by atoms with van der Waals surface area (Å²) in [4.78, 5) is 0. The third-order valence-corrected chi connectivity index (χ3v) is 3.47. The molecule has 0 aliphatic carbocycles. The van der Waals surface area contributed by atoms with Crippen LogP contribution in [0.15, 0.2) is 46.9 Å². The van der Waals surface area contributed by atoms with Gasteiger partial charge in [-0.05, 0) is 58.4 Å². The lowest BCUT2D eigenvalue weighted by molar-refractivity contribution is 0.304. The van der Waals surface area contributed by atoms with Gasteiger partial charge in [0, 0.05) is 6.54 Å². The maximum Gasteiger partial charge on any atom is 0.134 e. The Kier molecular flexibility index (Phi) is 5.16. The van der Waals surface area contributed by atoms with Crippen LogP contribution in [-0.4, -0.2) is 7.05 Å². The van der Waals surface area contributed by atoms with Crippen LogP contribution in [0.1, 0.15) is 16.7 Å². The Labute approximate surface area is 127 Å². The standard InChI is InChI=1S/C16H15BrN2O/c1-19-10-14-6-7-16(15(17)8-14)20-11-13-4-2-12(9-18)3-5-13/h2-8,19H,10-11H2,1H3. The molecule has 0 heterocycles. The fourth-order valence-electron chi connectivity index (χ4n) is 1.81. The minimum Gasteiger partial charge on any atom is -0.488 e. The molecule has 4 heteroatoms. The van der Waals surface area contributed by atoms with Crippen LogP contribution in [0.3, 0.4) is 0 Å². The highest BCUT2D eigenvalue weighted by atomic mass is 79.9. The van der Waals surface area contributed by atoms with Crippen LogP contribution in [0.2, 0.25) is 0 Å². The highest BCUT2D eigenvalue weighted by Crippen LogP contribution is 2.26. The maximum absolute atomic E-state index is 8.75. The zero-order chi connectivity index (χ0) is 14.4. The molecule has 3 nitrogen and oxygen atoms in total. The van der Waals surface area contributed by atoms with Gasteiger partial charge in [-0.3, -0.25) is 0 Å². The van der Waals surface area contributed by atoms with Gasteiger partial charge < -0.3 is 10.1 Å². The van der Waals surface area contributed by atoms with E-state index in [-0.39, 0.29) is 0 Å². The molecular weight excluding hydrogens is 316 g/mol. The Morgan fingerprint density at radius 1 is 1.15 bits per heavy atom. The van der Waals surface area contributed by atoms with Crippen LogP contribution in [-0.2, 0) is 13.2 Å². The molecule has 2 aromatic rings. The number of ether oxygens (including phenoxy) is 1. The number of nitrogens with one attached hydrogen (secondary N) is 1. The molecule has 0 aliphatic rings. The molecule has 0 atom stereocenters. The normalized spacial score (nSPS) is 10.1. The van der Waals surface area contributed by atoms with Crippen LogP contribution < -0.4 is 10.1 Å². The maximum atomic E-state index is 8.75. The monoisotopic (exact) mass is 330 g/mol. The predicted octanol–water partition coefficient (Wildman–Crippen LogP) is 3.62. The molecule has 2 rings (SSSR count). The topological polar surface area (TPSA) is 45.0 Å². The SMILES string of the molecule is CNCc1ccc(OCc2ccc(C#N)cc2)c(Br)c1. The number of nitrogens with zero attached hydrogens (tertiary/aromatic N) is 1. The lowest BCUT2D eigenvalue weighted by Crippen LogP contribution is -2.05. The Morgan fingerprint density at radius 3 is 2.45 bits per heavy atom. The van der Waals surface area contributed by atoms with Gasteiger partial charge in [-0.25, -0.2) is 0 Å². The van der Waals surface area contributed by atoms with E-state index in [1.165, 1.54) is 5.56 Å². The first-order valence-corrected chi connectivity index (χ1v) is 7.07. The zero-order valence-corrected chi connectivity index (χ0v) is 12.8. The molecule has 2 aromatic carbocycles. The van der Waals surface area contributed by atoms with Gasteiger partial charge in [0.15, 0.2) is 0 Å². The van der Waals surface area contributed by atoms with Crippen LogP contribution in [0.5, 0.6) is 5.75 Å². The minimum absolute atomic E-state index is 0.482. The van der Waals surface area contributed by atoms with Crippen molar-refractivity contribution in [3.05, 3.63) is 63.6 Å². The second kappa shape index (κ2) is 7.09. The molecule has 0 spiro atoms. The van der Waals surface area contributed by atoms with Crippen molar-refractivity contribution >= 4 is 15.9 Å². The Morgan fingerprint density at radius 2 is 1.85 bits per heavy atom. The van der Waals surface area contributed by atoms with Gasteiger partial charge in [0.05, 0.1) is 16.1 Å². The van der Waals surface area contributed by atoms with Gasteiger partial charge >= 0.3 is 0 Å². The number of benzene rings is 2. The van der Waals surface area contributed by atoms with Gasteiger partial charge in [0.25, 0.3) is 0 Å². The van der Waals surface area contributed by atoms with Crippen molar-refractivity contribution in [3.8, 4) is 11.8 Å². The van der Waals surface area contributed by atoms with Gasteiger partial charge in [0.2, 0.25) is 0 Å². The molecule has 0 fully saturated rings. The average molecular weight is 331 g/mol. The summed E-state index contributed by atoms with van der Waals surface area (Å²) in [6.45, 7) is 1.31. The average Bonchev–Trinajstić information content (AvgIpc) is 2.47. The minimum atomic E-state index is 0.482. The van der Waals surface area contributed by atoms with Gasteiger partial charge in [-0.1, -0.05) is 18.2 Å². The van der Waals surface area contributed by atoms with E-state index in [1.54, 1.807) is 12.1 Å². The molecule has 102 valence electrons. The van der Waals surface area contributed by atoms with E-state index in [9.17, 15) is 0 Å². The molecule has 0 radical (unpaired) electrons. The zero-order valence-electron chi connectivity index (χ0n) is 11.2. The number of rotatable bonds is 5. The Bertz CT molecular complexity index is 617. The molecular formula is C16H15BrN2O. The number of hydrogen-bond donors (Lipinski definition) is 1. The summed E-state index contributed by atoms with van der Waals surface area (Å²) in [5.41, 5.74) is 2.90. The van der Waals surface area contributed by atoms with Crippen molar-refractivity contribution in [1.82, 2.24) is 5.32 Å². The summed E-state index contributed by atoms with van der Waals surface area (Å²) in [5.74, 6) is 0.814. The summed E-state index contributed by atoms with van der Waals surface area (Å²) in [7, 11) is 1.92. The first-order chi connectivity index (χ1) is 9.72. The smallest absolute Gasteiger partial charge is 0.134 e. The summed E-state index contributed by atoms with van der Waals surface area (Å²) >= 11 is 3.52. The predicted molar refractivity (Wildman–Crippen MR) is 82.4 cm³/mol. The largest absolute Gasteiger partial charge is 0.488 e. The summed E-state index contributed by atoms with van der Waals surface area (Å²) < 4.78 is 6.72. The quantitative estimate of drug-likeness (QED) is 0.910. The summed E-state index contributed by atoms with van der Waals surface area (Å²) in [5, 5.41) is 11.9. The van der Waals surface area contributed by atoms with Gasteiger partial charge in [-0.15, -0.1) is 0 Å². The van der Waals surface area contributed by atoms with E-state index < -0.39 is 0 Å². The Hall–Kier alpha value is -1.83. The van der Waals surface area contributed by atoms with Crippen LogP contribution in [0.4, 0.5) is 0 Å². The fourth-order valence-corrected chi connectivity index (χ4v) is 2.35. The van der Waals surface area contributed by atoms with E-state index in [0.29, 0.717) is 12.2 Å². The third kappa shape index (κ3) is 3.83. The molecule has 0 unspecified atom stereocenters.